The Labute approximate surface area is 146 Å². The first-order valence-electron chi connectivity index (χ1n) is 8.10. The Morgan fingerprint density at radius 3 is 2.84 bits per heavy atom. The average Bonchev–Trinajstić information content (AvgIpc) is 3.31. The van der Waals surface area contributed by atoms with Crippen LogP contribution in [0, 0.1) is 0 Å². The van der Waals surface area contributed by atoms with Gasteiger partial charge in [0.2, 0.25) is 5.78 Å². The van der Waals surface area contributed by atoms with E-state index < -0.39 is 0 Å². The van der Waals surface area contributed by atoms with Gasteiger partial charge in [-0.3, -0.25) is 14.2 Å². The third kappa shape index (κ3) is 3.85. The fourth-order valence-electron chi connectivity index (χ4n) is 2.65. The van der Waals surface area contributed by atoms with Crippen LogP contribution < -0.4 is 4.74 Å². The van der Waals surface area contributed by atoms with Crippen LogP contribution in [0.4, 0.5) is 0 Å². The van der Waals surface area contributed by atoms with Gasteiger partial charge in [0.05, 0.1) is 13.7 Å². The molecule has 0 atom stereocenters. The summed E-state index contributed by atoms with van der Waals surface area (Å²) in [7, 11) is 1.65. The van der Waals surface area contributed by atoms with Crippen molar-refractivity contribution in [3.63, 3.8) is 0 Å². The van der Waals surface area contributed by atoms with Gasteiger partial charge in [-0.05, 0) is 42.8 Å². The maximum absolute atomic E-state index is 12.3. The van der Waals surface area contributed by atoms with Crippen molar-refractivity contribution in [1.82, 2.24) is 19.6 Å². The molecule has 0 aliphatic carbocycles. The summed E-state index contributed by atoms with van der Waals surface area (Å²) in [6, 6.07) is 9.44. The Morgan fingerprint density at radius 2 is 2.12 bits per heavy atom. The predicted octanol–water partition coefficient (Wildman–Crippen LogP) is 3.05. The molecule has 6 nitrogen and oxygen atoms in total. The molecule has 1 aromatic carbocycles. The predicted molar refractivity (Wildman–Crippen MR) is 95.6 cm³/mol. The second kappa shape index (κ2) is 7.61. The summed E-state index contributed by atoms with van der Waals surface area (Å²) < 4.78 is 8.93. The van der Waals surface area contributed by atoms with Gasteiger partial charge < -0.3 is 4.74 Å². The van der Waals surface area contributed by atoms with Crippen molar-refractivity contribution in [1.29, 1.82) is 0 Å². The van der Waals surface area contributed by atoms with Crippen molar-refractivity contribution in [2.24, 2.45) is 0 Å². The Morgan fingerprint density at radius 1 is 1.24 bits per heavy atom. The van der Waals surface area contributed by atoms with Crippen molar-refractivity contribution >= 4 is 11.9 Å². The van der Waals surface area contributed by atoms with E-state index in [0.717, 1.165) is 16.9 Å². The standard InChI is InChI=1S/C19H20N4O2/c1-3-23-17(9-11-21-23)18(24)7-5-15-6-8-19(25-2)16(13-15)14-22-12-4-10-20-22/h4-13H,3,14H2,1-2H3. The van der Waals surface area contributed by atoms with Gasteiger partial charge in [-0.1, -0.05) is 12.1 Å². The summed E-state index contributed by atoms with van der Waals surface area (Å²) in [5.41, 5.74) is 2.52. The summed E-state index contributed by atoms with van der Waals surface area (Å²) in [6.45, 7) is 3.23. The van der Waals surface area contributed by atoms with E-state index in [-0.39, 0.29) is 5.78 Å². The molecular weight excluding hydrogens is 316 g/mol. The van der Waals surface area contributed by atoms with Crippen molar-refractivity contribution in [3.05, 3.63) is 71.8 Å². The molecule has 0 bridgehead atoms. The zero-order valence-corrected chi connectivity index (χ0v) is 14.3. The van der Waals surface area contributed by atoms with E-state index in [1.54, 1.807) is 42.4 Å². The summed E-state index contributed by atoms with van der Waals surface area (Å²) in [6.07, 6.45) is 8.66. The fourth-order valence-corrected chi connectivity index (χ4v) is 2.65. The molecule has 25 heavy (non-hydrogen) atoms. The van der Waals surface area contributed by atoms with Crippen LogP contribution >= 0.6 is 0 Å². The van der Waals surface area contributed by atoms with Crippen LogP contribution in [0.3, 0.4) is 0 Å². The molecule has 2 heterocycles. The number of methoxy groups -OCH3 is 1. The summed E-state index contributed by atoms with van der Waals surface area (Å²) >= 11 is 0. The van der Waals surface area contributed by atoms with Gasteiger partial charge >= 0.3 is 0 Å². The van der Waals surface area contributed by atoms with E-state index >= 15 is 0 Å². The molecule has 0 radical (unpaired) electrons. The molecule has 0 fully saturated rings. The zero-order chi connectivity index (χ0) is 17.6. The molecule has 0 saturated carbocycles. The van der Waals surface area contributed by atoms with Gasteiger partial charge in [0.15, 0.2) is 0 Å². The number of aryl methyl sites for hydroxylation is 1. The van der Waals surface area contributed by atoms with Gasteiger partial charge in [-0.2, -0.15) is 10.2 Å². The second-order valence-corrected chi connectivity index (χ2v) is 5.50. The summed E-state index contributed by atoms with van der Waals surface area (Å²) in [4.78, 5) is 12.3. The van der Waals surface area contributed by atoms with Crippen LogP contribution in [0.25, 0.3) is 6.08 Å². The molecule has 0 N–H and O–H groups in total. The first-order valence-corrected chi connectivity index (χ1v) is 8.10. The molecule has 0 unspecified atom stereocenters. The van der Waals surface area contributed by atoms with Crippen LogP contribution in [0.5, 0.6) is 5.75 Å². The summed E-state index contributed by atoms with van der Waals surface area (Å²) in [5.74, 6) is 0.729. The van der Waals surface area contributed by atoms with Crippen molar-refractivity contribution in [2.45, 2.75) is 20.0 Å². The van der Waals surface area contributed by atoms with Crippen LogP contribution in [-0.2, 0) is 13.1 Å². The number of aromatic nitrogens is 4. The fraction of sp³-hybridized carbons (Fsp3) is 0.211. The highest BCUT2D eigenvalue weighted by molar-refractivity contribution is 6.05. The van der Waals surface area contributed by atoms with Crippen LogP contribution in [0.2, 0.25) is 0 Å². The first-order chi connectivity index (χ1) is 12.2. The molecule has 3 aromatic rings. The number of allylic oxidation sites excluding steroid dienone is 1. The quantitative estimate of drug-likeness (QED) is 0.491. The maximum Gasteiger partial charge on any atom is 0.203 e. The molecule has 0 aliphatic rings. The minimum absolute atomic E-state index is 0.0659. The molecule has 128 valence electrons. The number of carbonyl (C=O) groups is 1. The average molecular weight is 336 g/mol. The molecule has 6 heteroatoms. The highest BCUT2D eigenvalue weighted by Gasteiger charge is 2.08. The lowest BCUT2D eigenvalue weighted by molar-refractivity contribution is 0.103. The van der Waals surface area contributed by atoms with E-state index in [1.165, 1.54) is 0 Å². The molecule has 0 aliphatic heterocycles. The molecule has 0 spiro atoms. The second-order valence-electron chi connectivity index (χ2n) is 5.50. The zero-order valence-electron chi connectivity index (χ0n) is 14.3. The Hall–Kier alpha value is -3.15. The number of ketones is 1. The maximum atomic E-state index is 12.3. The van der Waals surface area contributed by atoms with Gasteiger partial charge in [0, 0.05) is 30.7 Å². The van der Waals surface area contributed by atoms with Crippen molar-refractivity contribution in [2.75, 3.05) is 7.11 Å². The van der Waals surface area contributed by atoms with Crippen molar-refractivity contribution < 1.29 is 9.53 Å². The van der Waals surface area contributed by atoms with Crippen LogP contribution in [-0.4, -0.2) is 32.5 Å². The largest absolute Gasteiger partial charge is 0.496 e. The number of hydrogen-bond donors (Lipinski definition) is 0. The number of nitrogens with zero attached hydrogens (tertiary/aromatic N) is 4. The number of hydrogen-bond acceptors (Lipinski definition) is 4. The van der Waals surface area contributed by atoms with E-state index in [9.17, 15) is 4.79 Å². The van der Waals surface area contributed by atoms with Crippen LogP contribution in [0.1, 0.15) is 28.5 Å². The summed E-state index contributed by atoms with van der Waals surface area (Å²) in [5, 5.41) is 8.35. The minimum Gasteiger partial charge on any atom is -0.496 e. The smallest absolute Gasteiger partial charge is 0.203 e. The van der Waals surface area contributed by atoms with Crippen molar-refractivity contribution in [3.8, 4) is 5.75 Å². The topological polar surface area (TPSA) is 61.9 Å². The highest BCUT2D eigenvalue weighted by Crippen LogP contribution is 2.21. The van der Waals surface area contributed by atoms with E-state index in [1.807, 2.05) is 42.1 Å². The lowest BCUT2D eigenvalue weighted by Crippen LogP contribution is -2.07. The SMILES string of the molecule is CCn1nccc1C(=O)C=Cc1ccc(OC)c(Cn2cccn2)c1. The van der Waals surface area contributed by atoms with Gasteiger partial charge in [0.1, 0.15) is 11.4 Å². The van der Waals surface area contributed by atoms with Gasteiger partial charge in [-0.15, -0.1) is 0 Å². The normalized spacial score (nSPS) is 11.1. The monoisotopic (exact) mass is 336 g/mol. The third-order valence-electron chi connectivity index (χ3n) is 3.89. The highest BCUT2D eigenvalue weighted by atomic mass is 16.5. The Balaban J connectivity index is 1.81. The van der Waals surface area contributed by atoms with Gasteiger partial charge in [0.25, 0.3) is 0 Å². The number of ether oxygens (including phenoxy) is 1. The van der Waals surface area contributed by atoms with Gasteiger partial charge in [-0.25, -0.2) is 0 Å². The molecular formula is C19H20N4O2. The first kappa shape index (κ1) is 16.7. The molecule has 3 rings (SSSR count). The molecule has 2 aromatic heterocycles. The number of rotatable bonds is 7. The molecule has 0 saturated heterocycles. The van der Waals surface area contributed by atoms with E-state index in [4.69, 9.17) is 4.74 Å². The lowest BCUT2D eigenvalue weighted by atomic mass is 10.1. The molecule has 0 amide bonds. The van der Waals surface area contributed by atoms with E-state index in [2.05, 4.69) is 10.2 Å². The Bertz CT molecular complexity index is 879. The van der Waals surface area contributed by atoms with Crippen LogP contribution in [0.15, 0.2) is 55.0 Å². The lowest BCUT2D eigenvalue weighted by Gasteiger charge is -2.09. The minimum atomic E-state index is -0.0659. The number of carbonyl (C=O) groups excluding carboxylic acids is 1. The third-order valence-corrected chi connectivity index (χ3v) is 3.89. The number of benzene rings is 1. The van der Waals surface area contributed by atoms with E-state index in [0.29, 0.717) is 18.8 Å². The Kier molecular flexibility index (Phi) is 5.09.